The molecule has 0 unspecified atom stereocenters. The molecular formula is C21H25N3O3S. The van der Waals surface area contributed by atoms with Gasteiger partial charge in [-0.2, -0.15) is 5.10 Å². The zero-order valence-corrected chi connectivity index (χ0v) is 17.7. The molecule has 0 saturated heterocycles. The number of rotatable bonds is 6. The fraction of sp³-hybridized carbons (Fsp3) is 0.524. The summed E-state index contributed by atoms with van der Waals surface area (Å²) in [5, 5.41) is 9.36. The number of methoxy groups -OCH3 is 2. The van der Waals surface area contributed by atoms with Crippen LogP contribution in [-0.2, 0) is 5.41 Å². The first-order valence-electron chi connectivity index (χ1n) is 9.45. The average molecular weight is 400 g/mol. The standard InChI is InChI=1S/C21H25N3O3S/c1-20(2)14-8-9-21(20,3)18-17(14)23-24-19(22-18)28-11-15(25)13-10-12(26-4)6-7-16(13)27-5/h6-7,10,14H,8-9,11H2,1-5H3/t14-,21+/m1/s1. The van der Waals surface area contributed by atoms with Crippen LogP contribution < -0.4 is 9.47 Å². The second kappa shape index (κ2) is 6.72. The number of fused-ring (bicyclic) bond motifs is 5. The summed E-state index contributed by atoms with van der Waals surface area (Å²) in [7, 11) is 3.13. The zero-order chi connectivity index (χ0) is 20.1. The summed E-state index contributed by atoms with van der Waals surface area (Å²) in [5.74, 6) is 1.74. The van der Waals surface area contributed by atoms with Gasteiger partial charge >= 0.3 is 0 Å². The van der Waals surface area contributed by atoms with Crippen molar-refractivity contribution in [2.45, 2.75) is 50.1 Å². The topological polar surface area (TPSA) is 74.2 Å². The highest BCUT2D eigenvalue weighted by atomic mass is 32.2. The Morgan fingerprint density at radius 1 is 1.21 bits per heavy atom. The summed E-state index contributed by atoms with van der Waals surface area (Å²) in [6.07, 6.45) is 2.27. The number of aromatic nitrogens is 3. The van der Waals surface area contributed by atoms with Gasteiger partial charge in [-0.15, -0.1) is 5.10 Å². The molecule has 1 saturated carbocycles. The van der Waals surface area contributed by atoms with Crippen LogP contribution in [0.2, 0.25) is 0 Å². The molecule has 0 N–H and O–H groups in total. The Hall–Kier alpha value is -2.15. The molecule has 1 aromatic heterocycles. The van der Waals surface area contributed by atoms with E-state index in [0.29, 0.717) is 28.1 Å². The second-order valence-corrected chi connectivity index (χ2v) is 9.19. The highest BCUT2D eigenvalue weighted by Crippen LogP contribution is 2.66. The molecule has 28 heavy (non-hydrogen) atoms. The van der Waals surface area contributed by atoms with Gasteiger partial charge in [0.2, 0.25) is 5.16 Å². The third-order valence-electron chi connectivity index (χ3n) is 6.81. The number of benzene rings is 1. The summed E-state index contributed by atoms with van der Waals surface area (Å²) in [4.78, 5) is 17.6. The molecule has 0 aliphatic heterocycles. The Kier molecular flexibility index (Phi) is 4.61. The first-order valence-corrected chi connectivity index (χ1v) is 10.4. The van der Waals surface area contributed by atoms with Crippen LogP contribution in [0.5, 0.6) is 11.5 Å². The first kappa shape index (κ1) is 19.2. The molecule has 148 valence electrons. The van der Waals surface area contributed by atoms with Gasteiger partial charge in [0.15, 0.2) is 5.78 Å². The number of nitrogens with zero attached hydrogens (tertiary/aromatic N) is 3. The van der Waals surface area contributed by atoms with Crippen LogP contribution in [0.1, 0.15) is 61.3 Å². The van der Waals surface area contributed by atoms with Gasteiger partial charge < -0.3 is 9.47 Å². The summed E-state index contributed by atoms with van der Waals surface area (Å²) >= 11 is 1.32. The number of thioether (sulfide) groups is 1. The lowest BCUT2D eigenvalue weighted by Gasteiger charge is -2.33. The summed E-state index contributed by atoms with van der Waals surface area (Å²) in [6, 6.07) is 5.21. The number of carbonyl (C=O) groups is 1. The molecular weight excluding hydrogens is 374 g/mol. The van der Waals surface area contributed by atoms with Gasteiger partial charge in [-0.3, -0.25) is 4.79 Å². The monoisotopic (exact) mass is 399 g/mol. The minimum Gasteiger partial charge on any atom is -0.497 e. The molecule has 0 spiro atoms. The van der Waals surface area contributed by atoms with Crippen molar-refractivity contribution >= 4 is 17.5 Å². The molecule has 2 atom stereocenters. The number of ether oxygens (including phenoxy) is 2. The van der Waals surface area contributed by atoms with E-state index >= 15 is 0 Å². The summed E-state index contributed by atoms with van der Waals surface area (Å²) in [5.41, 5.74) is 2.78. The summed E-state index contributed by atoms with van der Waals surface area (Å²) in [6.45, 7) is 6.90. The zero-order valence-electron chi connectivity index (χ0n) is 16.9. The average Bonchev–Trinajstić information content (AvgIpc) is 3.04. The van der Waals surface area contributed by atoms with Crippen LogP contribution in [0, 0.1) is 5.41 Å². The molecule has 2 aliphatic rings. The van der Waals surface area contributed by atoms with Crippen molar-refractivity contribution in [1.29, 1.82) is 0 Å². The fourth-order valence-corrected chi connectivity index (χ4v) is 5.33. The van der Waals surface area contributed by atoms with Gasteiger partial charge in [0.05, 0.1) is 36.9 Å². The van der Waals surface area contributed by atoms with Gasteiger partial charge in [-0.1, -0.05) is 32.5 Å². The molecule has 7 heteroatoms. The molecule has 1 heterocycles. The molecule has 1 fully saturated rings. The number of Topliss-reactive ketones (excluding diaryl/α,β-unsaturated/α-hetero) is 1. The SMILES string of the molecule is COc1ccc(OC)c(C(=O)CSc2nnc3c(n2)[C@]2(C)CC[C@H]3C2(C)C)c1. The largest absolute Gasteiger partial charge is 0.497 e. The van der Waals surface area contributed by atoms with Crippen molar-refractivity contribution < 1.29 is 14.3 Å². The van der Waals surface area contributed by atoms with Crippen LogP contribution in [-0.4, -0.2) is 40.9 Å². The van der Waals surface area contributed by atoms with E-state index < -0.39 is 0 Å². The summed E-state index contributed by atoms with van der Waals surface area (Å²) < 4.78 is 10.5. The van der Waals surface area contributed by atoms with Gasteiger partial charge in [0.1, 0.15) is 11.5 Å². The molecule has 0 radical (unpaired) electrons. The molecule has 2 aromatic rings. The van der Waals surface area contributed by atoms with Crippen LogP contribution in [0.3, 0.4) is 0 Å². The third kappa shape index (κ3) is 2.70. The van der Waals surface area contributed by atoms with Gasteiger partial charge in [0, 0.05) is 11.3 Å². The van der Waals surface area contributed by atoms with Crippen molar-refractivity contribution in [3.63, 3.8) is 0 Å². The smallest absolute Gasteiger partial charge is 0.209 e. The maximum Gasteiger partial charge on any atom is 0.209 e. The number of carbonyl (C=O) groups excluding carboxylic acids is 1. The van der Waals surface area contributed by atoms with Gasteiger partial charge in [0.25, 0.3) is 0 Å². The van der Waals surface area contributed by atoms with E-state index in [4.69, 9.17) is 14.5 Å². The Morgan fingerprint density at radius 3 is 2.71 bits per heavy atom. The Morgan fingerprint density at radius 2 is 2.00 bits per heavy atom. The van der Waals surface area contributed by atoms with E-state index in [0.717, 1.165) is 24.2 Å². The second-order valence-electron chi connectivity index (χ2n) is 8.25. The maximum atomic E-state index is 12.8. The quantitative estimate of drug-likeness (QED) is 0.536. The van der Waals surface area contributed by atoms with Crippen molar-refractivity contribution in [3.8, 4) is 11.5 Å². The normalized spacial score (nSPS) is 24.1. The van der Waals surface area contributed by atoms with E-state index in [1.165, 1.54) is 11.8 Å². The molecule has 2 bridgehead atoms. The fourth-order valence-electron chi connectivity index (χ4n) is 4.66. The van der Waals surface area contributed by atoms with Gasteiger partial charge in [-0.25, -0.2) is 4.98 Å². The van der Waals surface area contributed by atoms with Crippen LogP contribution in [0.15, 0.2) is 23.4 Å². The van der Waals surface area contributed by atoms with E-state index in [1.807, 2.05) is 0 Å². The molecule has 2 aliphatic carbocycles. The number of hydrogen-bond acceptors (Lipinski definition) is 7. The van der Waals surface area contributed by atoms with Crippen molar-refractivity contribution in [2.24, 2.45) is 5.41 Å². The predicted molar refractivity (Wildman–Crippen MR) is 108 cm³/mol. The van der Waals surface area contributed by atoms with E-state index in [9.17, 15) is 4.79 Å². The molecule has 4 rings (SSSR count). The van der Waals surface area contributed by atoms with Crippen molar-refractivity contribution in [2.75, 3.05) is 20.0 Å². The van der Waals surface area contributed by atoms with Crippen molar-refractivity contribution in [3.05, 3.63) is 35.2 Å². The van der Waals surface area contributed by atoms with Crippen LogP contribution in [0.25, 0.3) is 0 Å². The first-order chi connectivity index (χ1) is 13.3. The van der Waals surface area contributed by atoms with Crippen molar-refractivity contribution in [1.82, 2.24) is 15.2 Å². The Labute approximate surface area is 169 Å². The van der Waals surface area contributed by atoms with Crippen LogP contribution in [0.4, 0.5) is 0 Å². The highest BCUT2D eigenvalue weighted by molar-refractivity contribution is 7.99. The van der Waals surface area contributed by atoms with E-state index in [2.05, 4.69) is 31.0 Å². The third-order valence-corrected chi connectivity index (χ3v) is 7.65. The Bertz CT molecular complexity index is 946. The predicted octanol–water partition coefficient (Wildman–Crippen LogP) is 4.04. The minimum absolute atomic E-state index is 0.0261. The van der Waals surface area contributed by atoms with Gasteiger partial charge in [-0.05, 0) is 36.5 Å². The number of hydrogen-bond donors (Lipinski definition) is 0. The van der Waals surface area contributed by atoms with E-state index in [1.54, 1.807) is 32.4 Å². The Balaban J connectivity index is 1.54. The molecule has 6 nitrogen and oxygen atoms in total. The highest BCUT2D eigenvalue weighted by Gasteiger charge is 2.61. The minimum atomic E-state index is -0.0575. The van der Waals surface area contributed by atoms with E-state index in [-0.39, 0.29) is 22.4 Å². The molecule has 1 aromatic carbocycles. The lowest BCUT2D eigenvalue weighted by molar-refractivity contribution is 0.101. The van der Waals surface area contributed by atoms with Crippen LogP contribution >= 0.6 is 11.8 Å². The number of ketones is 1. The lowest BCUT2D eigenvalue weighted by Crippen LogP contribution is -2.32. The molecule has 0 amide bonds. The lowest BCUT2D eigenvalue weighted by atomic mass is 9.70. The maximum absolute atomic E-state index is 12.8.